The molecule has 7 nitrogen and oxygen atoms in total. The molecular weight excluding hydrogens is 334 g/mol. The first-order valence-corrected chi connectivity index (χ1v) is 8.65. The SMILES string of the molecule is CC(=O)c1cccc(OCc2cc(C(=O)N3C[C@@H](C)O[C@@H](C)C3)n[nH]2)c1. The number of benzene rings is 1. The van der Waals surface area contributed by atoms with Crippen molar-refractivity contribution in [3.63, 3.8) is 0 Å². The molecule has 1 aromatic heterocycles. The Bertz CT molecular complexity index is 792. The fourth-order valence-corrected chi connectivity index (χ4v) is 3.02. The van der Waals surface area contributed by atoms with E-state index in [-0.39, 0.29) is 30.5 Å². The van der Waals surface area contributed by atoms with Crippen LogP contribution in [-0.4, -0.2) is 52.1 Å². The molecule has 1 aromatic carbocycles. The van der Waals surface area contributed by atoms with E-state index in [0.29, 0.717) is 35.8 Å². The molecule has 0 radical (unpaired) electrons. The van der Waals surface area contributed by atoms with Crippen molar-refractivity contribution in [3.05, 3.63) is 47.3 Å². The predicted molar refractivity (Wildman–Crippen MR) is 95.3 cm³/mol. The minimum Gasteiger partial charge on any atom is -0.487 e. The van der Waals surface area contributed by atoms with Gasteiger partial charge in [-0.1, -0.05) is 12.1 Å². The van der Waals surface area contributed by atoms with Gasteiger partial charge in [0, 0.05) is 18.7 Å². The molecule has 2 atom stereocenters. The van der Waals surface area contributed by atoms with E-state index in [9.17, 15) is 9.59 Å². The highest BCUT2D eigenvalue weighted by molar-refractivity contribution is 5.94. The number of aromatic amines is 1. The largest absolute Gasteiger partial charge is 0.487 e. The number of carbonyl (C=O) groups excluding carboxylic acids is 2. The van der Waals surface area contributed by atoms with Gasteiger partial charge < -0.3 is 14.4 Å². The second-order valence-electron chi connectivity index (χ2n) is 6.62. The molecule has 26 heavy (non-hydrogen) atoms. The topological polar surface area (TPSA) is 84.5 Å². The zero-order valence-electron chi connectivity index (χ0n) is 15.2. The molecule has 0 unspecified atom stereocenters. The number of nitrogens with one attached hydrogen (secondary N) is 1. The minimum atomic E-state index is -0.118. The van der Waals surface area contributed by atoms with Crippen molar-refractivity contribution in [1.82, 2.24) is 15.1 Å². The maximum absolute atomic E-state index is 12.6. The van der Waals surface area contributed by atoms with Gasteiger partial charge in [-0.2, -0.15) is 5.10 Å². The first-order valence-electron chi connectivity index (χ1n) is 8.65. The molecule has 0 bridgehead atoms. The van der Waals surface area contributed by atoms with E-state index in [1.165, 1.54) is 6.92 Å². The Balaban J connectivity index is 1.62. The number of rotatable bonds is 5. The summed E-state index contributed by atoms with van der Waals surface area (Å²) in [4.78, 5) is 25.8. The molecule has 0 saturated carbocycles. The van der Waals surface area contributed by atoms with Gasteiger partial charge in [0.15, 0.2) is 11.5 Å². The van der Waals surface area contributed by atoms with Crippen LogP contribution in [0.15, 0.2) is 30.3 Å². The van der Waals surface area contributed by atoms with Gasteiger partial charge in [-0.25, -0.2) is 0 Å². The van der Waals surface area contributed by atoms with Crippen LogP contribution in [0, 0.1) is 0 Å². The lowest BCUT2D eigenvalue weighted by Gasteiger charge is -2.34. The second kappa shape index (κ2) is 7.70. The van der Waals surface area contributed by atoms with E-state index in [1.807, 2.05) is 13.8 Å². The van der Waals surface area contributed by atoms with E-state index in [4.69, 9.17) is 9.47 Å². The normalized spacial score (nSPS) is 20.0. The highest BCUT2D eigenvalue weighted by Gasteiger charge is 2.27. The summed E-state index contributed by atoms with van der Waals surface area (Å²) in [6.45, 7) is 6.76. The van der Waals surface area contributed by atoms with Crippen LogP contribution in [0.2, 0.25) is 0 Å². The Hall–Kier alpha value is -2.67. The maximum atomic E-state index is 12.6. The van der Waals surface area contributed by atoms with E-state index < -0.39 is 0 Å². The number of hydrogen-bond donors (Lipinski definition) is 1. The molecule has 138 valence electrons. The zero-order chi connectivity index (χ0) is 18.7. The van der Waals surface area contributed by atoms with Gasteiger partial charge in [0.2, 0.25) is 0 Å². The van der Waals surface area contributed by atoms with Crippen LogP contribution < -0.4 is 4.74 Å². The van der Waals surface area contributed by atoms with Crippen molar-refractivity contribution in [2.75, 3.05) is 13.1 Å². The minimum absolute atomic E-state index is 0.0120. The summed E-state index contributed by atoms with van der Waals surface area (Å²) in [6, 6.07) is 8.69. The predicted octanol–water partition coefficient (Wildman–Crippen LogP) is 2.44. The summed E-state index contributed by atoms with van der Waals surface area (Å²) in [5, 5.41) is 6.94. The molecule has 3 rings (SSSR count). The maximum Gasteiger partial charge on any atom is 0.274 e. The van der Waals surface area contributed by atoms with Crippen molar-refractivity contribution in [2.24, 2.45) is 0 Å². The number of aromatic nitrogens is 2. The van der Waals surface area contributed by atoms with Crippen LogP contribution in [0.4, 0.5) is 0 Å². The summed E-state index contributed by atoms with van der Waals surface area (Å²) < 4.78 is 11.3. The molecule has 0 aliphatic carbocycles. The molecule has 1 saturated heterocycles. The fraction of sp³-hybridized carbons (Fsp3) is 0.421. The average molecular weight is 357 g/mol. The molecule has 1 fully saturated rings. The van der Waals surface area contributed by atoms with Crippen LogP contribution in [0.25, 0.3) is 0 Å². The van der Waals surface area contributed by atoms with Gasteiger partial charge in [-0.3, -0.25) is 14.7 Å². The van der Waals surface area contributed by atoms with E-state index >= 15 is 0 Å². The Morgan fingerprint density at radius 1 is 1.27 bits per heavy atom. The Morgan fingerprint density at radius 3 is 2.69 bits per heavy atom. The monoisotopic (exact) mass is 357 g/mol. The highest BCUT2D eigenvalue weighted by Crippen LogP contribution is 2.17. The van der Waals surface area contributed by atoms with Crippen LogP contribution in [-0.2, 0) is 11.3 Å². The number of ketones is 1. The summed E-state index contributed by atoms with van der Waals surface area (Å²) in [6.07, 6.45) is 0.0241. The van der Waals surface area contributed by atoms with E-state index in [0.717, 1.165) is 0 Å². The summed E-state index contributed by atoms with van der Waals surface area (Å²) in [5.41, 5.74) is 1.65. The van der Waals surface area contributed by atoms with Crippen molar-refractivity contribution in [1.29, 1.82) is 0 Å². The molecule has 1 N–H and O–H groups in total. The molecular formula is C19H23N3O4. The number of Topliss-reactive ketones (excluding diaryl/α,β-unsaturated/α-hetero) is 1. The number of ether oxygens (including phenoxy) is 2. The lowest BCUT2D eigenvalue weighted by atomic mass is 10.1. The lowest BCUT2D eigenvalue weighted by Crippen LogP contribution is -2.48. The Morgan fingerprint density at radius 2 is 2.00 bits per heavy atom. The van der Waals surface area contributed by atoms with E-state index in [1.54, 1.807) is 35.2 Å². The third-order valence-corrected chi connectivity index (χ3v) is 4.19. The average Bonchev–Trinajstić information content (AvgIpc) is 3.07. The van der Waals surface area contributed by atoms with E-state index in [2.05, 4.69) is 10.2 Å². The number of carbonyl (C=O) groups is 2. The van der Waals surface area contributed by atoms with Gasteiger partial charge >= 0.3 is 0 Å². The molecule has 1 aliphatic rings. The van der Waals surface area contributed by atoms with Gasteiger partial charge in [0.25, 0.3) is 5.91 Å². The van der Waals surface area contributed by atoms with Crippen molar-refractivity contribution >= 4 is 11.7 Å². The van der Waals surface area contributed by atoms with Crippen molar-refractivity contribution < 1.29 is 19.1 Å². The summed E-state index contributed by atoms with van der Waals surface area (Å²) >= 11 is 0. The molecule has 1 aliphatic heterocycles. The molecule has 7 heteroatoms. The van der Waals surface area contributed by atoms with Crippen molar-refractivity contribution in [3.8, 4) is 5.75 Å². The van der Waals surface area contributed by atoms with Gasteiger partial charge in [0.05, 0.1) is 17.9 Å². The Labute approximate surface area is 152 Å². The molecule has 1 amide bonds. The molecule has 2 aromatic rings. The zero-order valence-corrected chi connectivity index (χ0v) is 15.2. The summed E-state index contributed by atoms with van der Waals surface area (Å²) in [5.74, 6) is 0.461. The second-order valence-corrected chi connectivity index (χ2v) is 6.62. The highest BCUT2D eigenvalue weighted by atomic mass is 16.5. The molecule has 0 spiro atoms. The first kappa shape index (κ1) is 18.1. The van der Waals surface area contributed by atoms with Crippen LogP contribution in [0.5, 0.6) is 5.75 Å². The number of H-pyrrole nitrogens is 1. The molecule has 2 heterocycles. The van der Waals surface area contributed by atoms with Gasteiger partial charge in [0.1, 0.15) is 12.4 Å². The number of morpholine rings is 1. The van der Waals surface area contributed by atoms with Crippen LogP contribution in [0.3, 0.4) is 0 Å². The smallest absolute Gasteiger partial charge is 0.274 e. The third-order valence-electron chi connectivity index (χ3n) is 4.19. The van der Waals surface area contributed by atoms with Gasteiger partial charge in [-0.15, -0.1) is 0 Å². The number of nitrogens with zero attached hydrogens (tertiary/aromatic N) is 2. The number of hydrogen-bond acceptors (Lipinski definition) is 5. The van der Waals surface area contributed by atoms with Crippen LogP contribution >= 0.6 is 0 Å². The third kappa shape index (κ3) is 4.29. The summed E-state index contributed by atoms with van der Waals surface area (Å²) in [7, 11) is 0. The van der Waals surface area contributed by atoms with Crippen LogP contribution in [0.1, 0.15) is 47.3 Å². The van der Waals surface area contributed by atoms with Gasteiger partial charge in [-0.05, 0) is 39.0 Å². The quantitative estimate of drug-likeness (QED) is 0.831. The van der Waals surface area contributed by atoms with Crippen molar-refractivity contribution in [2.45, 2.75) is 39.6 Å². The standard InChI is InChI=1S/C19H23N3O4/c1-12-9-22(10-13(2)26-12)19(24)18-8-16(20-21-18)11-25-17-6-4-5-15(7-17)14(3)23/h4-8,12-13H,9-11H2,1-3H3,(H,20,21)/t12-,13+. The lowest BCUT2D eigenvalue weighted by molar-refractivity contribution is -0.0587. The first-order chi connectivity index (χ1) is 12.4. The Kier molecular flexibility index (Phi) is 5.37. The number of amides is 1. The fourth-order valence-electron chi connectivity index (χ4n) is 3.02.